The molecule has 0 aliphatic heterocycles. The molecule has 0 aliphatic rings. The number of rotatable bonds is 22. The van der Waals surface area contributed by atoms with Crippen molar-refractivity contribution in [3.63, 3.8) is 0 Å². The zero-order valence-corrected chi connectivity index (χ0v) is 27.5. The van der Waals surface area contributed by atoms with Gasteiger partial charge in [0.1, 0.15) is 24.9 Å². The van der Waals surface area contributed by atoms with Crippen LogP contribution in [0.5, 0.6) is 0 Å². The number of hydrogen-bond donors (Lipinski definition) is 1. The maximum atomic E-state index is 12.8. The molecule has 2 rings (SSSR count). The zero-order chi connectivity index (χ0) is 32.8. The molecular formula is C37H53NO7. The number of benzene rings is 2. The second kappa shape index (κ2) is 21.9. The lowest BCUT2D eigenvalue weighted by Crippen LogP contribution is -2.42. The maximum absolute atomic E-state index is 12.8. The van der Waals surface area contributed by atoms with E-state index in [9.17, 15) is 19.2 Å². The van der Waals surface area contributed by atoms with E-state index in [-0.39, 0.29) is 31.3 Å². The van der Waals surface area contributed by atoms with Gasteiger partial charge in [0.2, 0.25) is 5.91 Å². The van der Waals surface area contributed by atoms with E-state index in [0.29, 0.717) is 19.4 Å². The first-order valence-corrected chi connectivity index (χ1v) is 16.5. The molecule has 0 spiro atoms. The Balaban J connectivity index is 1.54. The molecule has 0 fully saturated rings. The summed E-state index contributed by atoms with van der Waals surface area (Å²) in [6.45, 7) is 5.80. The average molecular weight is 624 g/mol. The summed E-state index contributed by atoms with van der Waals surface area (Å²) in [4.78, 5) is 49.6. The van der Waals surface area contributed by atoms with Crippen LogP contribution in [0, 0.1) is 0 Å². The standard InChI is InChI=1S/C37H53NO7/c1-37(2,3)45-35(41)27-26-32(36(42)44-29-31-22-16-13-17-23-31)38-33(39)24-18-10-8-6-4-5-7-9-11-19-25-34(40)43-28-30-20-14-12-15-21-30/h12-17,20-23,32H,4-11,18-19,24-29H2,1-3H3,(H,38,39)/t32-/m0/s1. The molecule has 1 N–H and O–H groups in total. The lowest BCUT2D eigenvalue weighted by atomic mass is 10.0. The van der Waals surface area contributed by atoms with E-state index < -0.39 is 23.6 Å². The molecule has 2 aromatic carbocycles. The van der Waals surface area contributed by atoms with Crippen LogP contribution < -0.4 is 5.32 Å². The highest BCUT2D eigenvalue weighted by Gasteiger charge is 2.25. The number of ether oxygens (including phenoxy) is 3. The largest absolute Gasteiger partial charge is 0.461 e. The quantitative estimate of drug-likeness (QED) is 0.0811. The van der Waals surface area contributed by atoms with E-state index in [1.165, 1.54) is 6.42 Å². The van der Waals surface area contributed by atoms with E-state index >= 15 is 0 Å². The van der Waals surface area contributed by atoms with Crippen LogP contribution >= 0.6 is 0 Å². The number of hydrogen-bond acceptors (Lipinski definition) is 7. The summed E-state index contributed by atoms with van der Waals surface area (Å²) in [5.41, 5.74) is 1.23. The summed E-state index contributed by atoms with van der Waals surface area (Å²) in [5, 5.41) is 2.78. The molecule has 2 aromatic rings. The van der Waals surface area contributed by atoms with Crippen molar-refractivity contribution in [3.8, 4) is 0 Å². The van der Waals surface area contributed by atoms with Crippen LogP contribution in [0.2, 0.25) is 0 Å². The molecular weight excluding hydrogens is 570 g/mol. The third kappa shape index (κ3) is 19.3. The molecule has 0 aromatic heterocycles. The fraction of sp³-hybridized carbons (Fsp3) is 0.568. The van der Waals surface area contributed by atoms with Gasteiger partial charge in [-0.25, -0.2) is 4.79 Å². The highest BCUT2D eigenvalue weighted by molar-refractivity contribution is 5.85. The monoisotopic (exact) mass is 623 g/mol. The summed E-state index contributed by atoms with van der Waals surface area (Å²) >= 11 is 0. The molecule has 0 bridgehead atoms. The van der Waals surface area contributed by atoms with Crippen molar-refractivity contribution >= 4 is 23.8 Å². The SMILES string of the molecule is CC(C)(C)OC(=O)CC[C@H](NC(=O)CCCCCCCCCCCCC(=O)OCc1ccccc1)C(=O)OCc1ccccc1. The third-order valence-electron chi connectivity index (χ3n) is 7.18. The zero-order valence-electron chi connectivity index (χ0n) is 27.5. The number of nitrogens with one attached hydrogen (secondary N) is 1. The van der Waals surface area contributed by atoms with Crippen LogP contribution in [0.25, 0.3) is 0 Å². The number of esters is 3. The molecule has 8 heteroatoms. The van der Waals surface area contributed by atoms with Gasteiger partial charge in [-0.15, -0.1) is 0 Å². The van der Waals surface area contributed by atoms with Gasteiger partial charge in [-0.1, -0.05) is 112 Å². The topological polar surface area (TPSA) is 108 Å². The van der Waals surface area contributed by atoms with Crippen molar-refractivity contribution in [2.75, 3.05) is 0 Å². The van der Waals surface area contributed by atoms with Crippen molar-refractivity contribution in [2.24, 2.45) is 0 Å². The second-order valence-electron chi connectivity index (χ2n) is 12.5. The Kier molecular flexibility index (Phi) is 18.3. The minimum absolute atomic E-state index is 0.00392. The minimum Gasteiger partial charge on any atom is -0.461 e. The van der Waals surface area contributed by atoms with Crippen molar-refractivity contribution in [1.29, 1.82) is 0 Å². The Bertz CT molecular complexity index is 1130. The van der Waals surface area contributed by atoms with Gasteiger partial charge in [-0.3, -0.25) is 14.4 Å². The molecule has 0 radical (unpaired) electrons. The summed E-state index contributed by atoms with van der Waals surface area (Å²) in [7, 11) is 0. The van der Waals surface area contributed by atoms with Gasteiger partial charge in [-0.05, 0) is 51.2 Å². The fourth-order valence-corrected chi connectivity index (χ4v) is 4.78. The molecule has 0 saturated carbocycles. The predicted octanol–water partition coefficient (Wildman–Crippen LogP) is 7.76. The minimum atomic E-state index is -0.909. The molecule has 45 heavy (non-hydrogen) atoms. The third-order valence-corrected chi connectivity index (χ3v) is 7.18. The lowest BCUT2D eigenvalue weighted by molar-refractivity contribution is -0.156. The Labute approximate surface area is 269 Å². The van der Waals surface area contributed by atoms with E-state index in [4.69, 9.17) is 14.2 Å². The smallest absolute Gasteiger partial charge is 0.328 e. The van der Waals surface area contributed by atoms with Crippen LogP contribution in [0.3, 0.4) is 0 Å². The van der Waals surface area contributed by atoms with Crippen LogP contribution in [-0.4, -0.2) is 35.5 Å². The van der Waals surface area contributed by atoms with Gasteiger partial charge in [0, 0.05) is 19.3 Å². The van der Waals surface area contributed by atoms with Crippen LogP contribution in [0.15, 0.2) is 60.7 Å². The molecule has 0 saturated heterocycles. The van der Waals surface area contributed by atoms with Gasteiger partial charge < -0.3 is 19.5 Å². The van der Waals surface area contributed by atoms with Crippen molar-refractivity contribution in [3.05, 3.63) is 71.8 Å². The van der Waals surface area contributed by atoms with Gasteiger partial charge in [0.25, 0.3) is 0 Å². The first-order chi connectivity index (χ1) is 21.6. The molecule has 0 heterocycles. The summed E-state index contributed by atoms with van der Waals surface area (Å²) < 4.78 is 16.1. The summed E-state index contributed by atoms with van der Waals surface area (Å²) in [6, 6.07) is 18.1. The fourth-order valence-electron chi connectivity index (χ4n) is 4.78. The van der Waals surface area contributed by atoms with E-state index in [1.54, 1.807) is 20.8 Å². The second-order valence-corrected chi connectivity index (χ2v) is 12.5. The van der Waals surface area contributed by atoms with E-state index in [2.05, 4.69) is 5.32 Å². The predicted molar refractivity (Wildman–Crippen MR) is 175 cm³/mol. The molecule has 248 valence electrons. The average Bonchev–Trinajstić information content (AvgIpc) is 3.01. The van der Waals surface area contributed by atoms with Crippen LogP contribution in [0.1, 0.15) is 122 Å². The van der Waals surface area contributed by atoms with E-state index in [1.807, 2.05) is 60.7 Å². The van der Waals surface area contributed by atoms with Gasteiger partial charge in [0.05, 0.1) is 0 Å². The van der Waals surface area contributed by atoms with Crippen LogP contribution in [-0.2, 0) is 46.6 Å². The van der Waals surface area contributed by atoms with E-state index in [0.717, 1.165) is 68.9 Å². The van der Waals surface area contributed by atoms with Gasteiger partial charge in [-0.2, -0.15) is 0 Å². The van der Waals surface area contributed by atoms with Crippen LogP contribution in [0.4, 0.5) is 0 Å². The molecule has 1 atom stereocenters. The summed E-state index contributed by atoms with van der Waals surface area (Å²) in [6.07, 6.45) is 11.3. The number of carbonyl (C=O) groups excluding carboxylic acids is 4. The highest BCUT2D eigenvalue weighted by Crippen LogP contribution is 2.14. The Morgan fingerprint density at radius 2 is 1.07 bits per heavy atom. The Hall–Kier alpha value is -3.68. The first kappa shape index (κ1) is 37.5. The summed E-state index contributed by atoms with van der Waals surface area (Å²) in [5.74, 6) is -1.33. The maximum Gasteiger partial charge on any atom is 0.328 e. The molecule has 0 aliphatic carbocycles. The van der Waals surface area contributed by atoms with Gasteiger partial charge >= 0.3 is 17.9 Å². The van der Waals surface area contributed by atoms with Crippen molar-refractivity contribution in [1.82, 2.24) is 5.32 Å². The van der Waals surface area contributed by atoms with Crippen molar-refractivity contribution in [2.45, 2.75) is 136 Å². The Morgan fingerprint density at radius 1 is 0.600 bits per heavy atom. The number of amides is 1. The number of unbranched alkanes of at least 4 members (excludes halogenated alkanes) is 9. The normalized spacial score (nSPS) is 11.8. The highest BCUT2D eigenvalue weighted by atomic mass is 16.6. The molecule has 1 amide bonds. The first-order valence-electron chi connectivity index (χ1n) is 16.5. The lowest BCUT2D eigenvalue weighted by Gasteiger charge is -2.21. The molecule has 8 nitrogen and oxygen atoms in total. The van der Waals surface area contributed by atoms with Gasteiger partial charge in [0.15, 0.2) is 0 Å². The molecule has 0 unspecified atom stereocenters. The van der Waals surface area contributed by atoms with Crippen molar-refractivity contribution < 1.29 is 33.4 Å². The Morgan fingerprint density at radius 3 is 1.58 bits per heavy atom. The number of carbonyl (C=O) groups is 4.